The highest BCUT2D eigenvalue weighted by atomic mass is 79.9. The number of hydrogen-bond acceptors (Lipinski definition) is 5. The summed E-state index contributed by atoms with van der Waals surface area (Å²) in [6, 6.07) is 7.59. The van der Waals surface area contributed by atoms with E-state index in [1.54, 1.807) is 12.0 Å². The van der Waals surface area contributed by atoms with Crippen LogP contribution in [0.4, 0.5) is 0 Å². The summed E-state index contributed by atoms with van der Waals surface area (Å²) in [5, 5.41) is 6.04. The molecule has 0 unspecified atom stereocenters. The predicted octanol–water partition coefficient (Wildman–Crippen LogP) is 1.04. The number of nitrogens with two attached hydrogens (primary N) is 1. The molecule has 7 nitrogen and oxygen atoms in total. The van der Waals surface area contributed by atoms with Gasteiger partial charge in [-0.2, -0.15) is 0 Å². The standard InChI is InChI=1S/C17H23BrN4O3/c1-25-14-4-2-12(3-5-14)10-20-15(16(18)19)17(24)21-13-6-8-22(11-23)9-7-13/h2-5,11,13,20H,6-10,19H2,1H3,(H,21,24)/b16-15-. The summed E-state index contributed by atoms with van der Waals surface area (Å²) in [6.07, 6.45) is 2.31. The molecule has 1 fully saturated rings. The van der Waals surface area contributed by atoms with Crippen LogP contribution in [0.2, 0.25) is 0 Å². The van der Waals surface area contributed by atoms with Crippen molar-refractivity contribution in [3.63, 3.8) is 0 Å². The largest absolute Gasteiger partial charge is 0.497 e. The van der Waals surface area contributed by atoms with E-state index in [4.69, 9.17) is 10.5 Å². The fraction of sp³-hybridized carbons (Fsp3) is 0.412. The van der Waals surface area contributed by atoms with Crippen LogP contribution < -0.4 is 21.1 Å². The summed E-state index contributed by atoms with van der Waals surface area (Å²) in [5.41, 5.74) is 7.09. The lowest BCUT2D eigenvalue weighted by molar-refractivity contribution is -0.120. The molecular weight excluding hydrogens is 388 g/mol. The molecule has 8 heteroatoms. The van der Waals surface area contributed by atoms with Crippen LogP contribution in [0.1, 0.15) is 18.4 Å². The first-order valence-corrected chi connectivity index (χ1v) is 8.85. The summed E-state index contributed by atoms with van der Waals surface area (Å²) in [4.78, 5) is 24.9. The first-order chi connectivity index (χ1) is 12.0. The third-order valence-electron chi connectivity index (χ3n) is 4.11. The Hall–Kier alpha value is -2.22. The van der Waals surface area contributed by atoms with Gasteiger partial charge in [0, 0.05) is 25.7 Å². The van der Waals surface area contributed by atoms with Gasteiger partial charge in [-0.1, -0.05) is 12.1 Å². The number of methoxy groups -OCH3 is 1. The second kappa shape index (κ2) is 9.31. The molecule has 25 heavy (non-hydrogen) atoms. The topological polar surface area (TPSA) is 96.7 Å². The predicted molar refractivity (Wildman–Crippen MR) is 98.8 cm³/mol. The van der Waals surface area contributed by atoms with Crippen molar-refractivity contribution in [2.45, 2.75) is 25.4 Å². The van der Waals surface area contributed by atoms with Gasteiger partial charge in [0.2, 0.25) is 6.41 Å². The fourth-order valence-electron chi connectivity index (χ4n) is 2.61. The molecule has 4 N–H and O–H groups in total. The number of carbonyl (C=O) groups is 2. The van der Waals surface area contributed by atoms with Crippen LogP contribution in [0.5, 0.6) is 5.75 Å². The van der Waals surface area contributed by atoms with Gasteiger partial charge in [-0.25, -0.2) is 0 Å². The molecule has 0 atom stereocenters. The Kier molecular flexibility index (Phi) is 7.12. The number of nitrogens with zero attached hydrogens (tertiary/aromatic N) is 1. The Bertz CT molecular complexity index is 621. The van der Waals surface area contributed by atoms with Crippen molar-refractivity contribution in [2.24, 2.45) is 5.73 Å². The molecule has 2 amide bonds. The van der Waals surface area contributed by atoms with E-state index in [2.05, 4.69) is 26.6 Å². The van der Waals surface area contributed by atoms with Crippen molar-refractivity contribution >= 4 is 28.2 Å². The van der Waals surface area contributed by atoms with Crippen LogP contribution >= 0.6 is 15.9 Å². The van der Waals surface area contributed by atoms with Gasteiger partial charge < -0.3 is 26.0 Å². The van der Waals surface area contributed by atoms with Crippen LogP contribution in [0.25, 0.3) is 0 Å². The molecule has 136 valence electrons. The van der Waals surface area contributed by atoms with Crippen LogP contribution in [0.15, 0.2) is 34.6 Å². The van der Waals surface area contributed by atoms with Gasteiger partial charge in [-0.15, -0.1) is 0 Å². The molecule has 1 saturated heterocycles. The molecule has 0 saturated carbocycles. The Labute approximate surface area is 155 Å². The van der Waals surface area contributed by atoms with E-state index in [0.29, 0.717) is 25.3 Å². The zero-order chi connectivity index (χ0) is 18.2. The molecular formula is C17H23BrN4O3. The number of amides is 2. The molecule has 1 aliphatic heterocycles. The minimum absolute atomic E-state index is 0.0355. The summed E-state index contributed by atoms with van der Waals surface area (Å²) in [6.45, 7) is 1.76. The lowest BCUT2D eigenvalue weighted by Gasteiger charge is -2.30. The maximum atomic E-state index is 12.5. The zero-order valence-corrected chi connectivity index (χ0v) is 15.7. The third-order valence-corrected chi connectivity index (χ3v) is 4.50. The molecule has 0 bridgehead atoms. The van der Waals surface area contributed by atoms with Crippen molar-refractivity contribution in [2.75, 3.05) is 20.2 Å². The number of likely N-dealkylation sites (tertiary alicyclic amines) is 1. The second-order valence-corrected chi connectivity index (χ2v) is 6.67. The average Bonchev–Trinajstić information content (AvgIpc) is 2.62. The summed E-state index contributed by atoms with van der Waals surface area (Å²) >= 11 is 3.18. The maximum Gasteiger partial charge on any atom is 0.270 e. The number of hydrogen-bond donors (Lipinski definition) is 3. The smallest absolute Gasteiger partial charge is 0.270 e. The van der Waals surface area contributed by atoms with E-state index in [1.807, 2.05) is 24.3 Å². The highest BCUT2D eigenvalue weighted by molar-refractivity contribution is 9.11. The quantitative estimate of drug-likeness (QED) is 0.354. The minimum atomic E-state index is -0.257. The van der Waals surface area contributed by atoms with Crippen molar-refractivity contribution in [1.29, 1.82) is 0 Å². The highest BCUT2D eigenvalue weighted by Gasteiger charge is 2.22. The Morgan fingerprint density at radius 1 is 1.36 bits per heavy atom. The Morgan fingerprint density at radius 3 is 2.52 bits per heavy atom. The normalized spacial score (nSPS) is 16.0. The number of halogens is 1. The van der Waals surface area contributed by atoms with Gasteiger partial charge in [0.15, 0.2) is 0 Å². The van der Waals surface area contributed by atoms with Crippen LogP contribution in [0.3, 0.4) is 0 Å². The molecule has 1 heterocycles. The number of rotatable bonds is 7. The summed E-state index contributed by atoms with van der Waals surface area (Å²) in [5.74, 6) is 0.520. The number of piperidine rings is 1. The monoisotopic (exact) mass is 410 g/mol. The fourth-order valence-corrected chi connectivity index (χ4v) is 2.93. The van der Waals surface area contributed by atoms with Crippen molar-refractivity contribution < 1.29 is 14.3 Å². The lowest BCUT2D eigenvalue weighted by Crippen LogP contribution is -2.46. The Morgan fingerprint density at radius 2 is 2.00 bits per heavy atom. The first-order valence-electron chi connectivity index (χ1n) is 8.05. The Balaban J connectivity index is 1.90. The van der Waals surface area contributed by atoms with E-state index < -0.39 is 0 Å². The van der Waals surface area contributed by atoms with Crippen LogP contribution in [-0.4, -0.2) is 43.5 Å². The lowest BCUT2D eigenvalue weighted by atomic mass is 10.1. The van der Waals surface area contributed by atoms with E-state index >= 15 is 0 Å². The molecule has 0 aliphatic carbocycles. The SMILES string of the molecule is COc1ccc(CN/C(C(=O)NC2CCN(C=O)CC2)=C(\N)Br)cc1. The summed E-state index contributed by atoms with van der Waals surface area (Å²) < 4.78 is 5.38. The highest BCUT2D eigenvalue weighted by Crippen LogP contribution is 2.13. The van der Waals surface area contributed by atoms with Crippen molar-refractivity contribution in [3.05, 3.63) is 40.1 Å². The molecule has 0 radical (unpaired) electrons. The molecule has 0 spiro atoms. The summed E-state index contributed by atoms with van der Waals surface area (Å²) in [7, 11) is 1.61. The number of nitrogens with one attached hydrogen (secondary N) is 2. The molecule has 1 aliphatic rings. The molecule has 1 aromatic rings. The van der Waals surface area contributed by atoms with E-state index in [1.165, 1.54) is 0 Å². The van der Waals surface area contributed by atoms with Gasteiger partial charge in [-0.3, -0.25) is 9.59 Å². The first kappa shape index (κ1) is 19.1. The van der Waals surface area contributed by atoms with Crippen LogP contribution in [0, 0.1) is 0 Å². The number of benzene rings is 1. The molecule has 1 aromatic carbocycles. The minimum Gasteiger partial charge on any atom is -0.497 e. The van der Waals surface area contributed by atoms with Gasteiger partial charge in [0.25, 0.3) is 5.91 Å². The van der Waals surface area contributed by atoms with Crippen molar-refractivity contribution in [3.8, 4) is 5.75 Å². The number of carbonyl (C=O) groups excluding carboxylic acids is 2. The number of ether oxygens (including phenoxy) is 1. The van der Waals surface area contributed by atoms with Crippen molar-refractivity contribution in [1.82, 2.24) is 15.5 Å². The van der Waals surface area contributed by atoms with Crippen LogP contribution in [-0.2, 0) is 16.1 Å². The van der Waals surface area contributed by atoms with Gasteiger partial charge in [0.1, 0.15) is 16.1 Å². The van der Waals surface area contributed by atoms with E-state index in [-0.39, 0.29) is 16.6 Å². The molecule has 2 rings (SSSR count). The zero-order valence-electron chi connectivity index (χ0n) is 14.1. The third kappa shape index (κ3) is 5.67. The van der Waals surface area contributed by atoms with E-state index in [0.717, 1.165) is 30.6 Å². The van der Waals surface area contributed by atoms with Gasteiger partial charge >= 0.3 is 0 Å². The second-order valence-electron chi connectivity index (χ2n) is 5.81. The average molecular weight is 411 g/mol. The van der Waals surface area contributed by atoms with E-state index in [9.17, 15) is 9.59 Å². The molecule has 0 aromatic heterocycles. The van der Waals surface area contributed by atoms with Gasteiger partial charge in [0.05, 0.1) is 7.11 Å². The van der Waals surface area contributed by atoms with Gasteiger partial charge in [-0.05, 0) is 46.5 Å². The maximum absolute atomic E-state index is 12.5.